The average molecular weight is 423 g/mol. The Balaban J connectivity index is 1.47. The highest BCUT2D eigenvalue weighted by atomic mass is 32.2. The molecule has 1 atom stereocenters. The molecule has 1 aromatic rings. The topological polar surface area (TPSA) is 91.8 Å². The molecule has 3 rings (SSSR count). The number of guanidine groups is 1. The molecule has 1 heterocycles. The second-order valence-corrected chi connectivity index (χ2v) is 9.88. The van der Waals surface area contributed by atoms with Crippen LogP contribution in [0.1, 0.15) is 51.0 Å². The number of benzene rings is 1. The third-order valence-electron chi connectivity index (χ3n) is 6.24. The molecule has 2 aliphatic rings. The first-order valence-electron chi connectivity index (χ1n) is 10.6. The van der Waals surface area contributed by atoms with Gasteiger partial charge in [-0.1, -0.05) is 25.5 Å². The highest BCUT2D eigenvalue weighted by Gasteiger charge is 2.34. The Morgan fingerprint density at radius 3 is 2.52 bits per heavy atom. The number of hydrogen-bond acceptors (Lipinski definition) is 4. The van der Waals surface area contributed by atoms with Crippen LogP contribution in [0.25, 0.3) is 0 Å². The lowest BCUT2D eigenvalue weighted by Gasteiger charge is -2.41. The first-order chi connectivity index (χ1) is 14.0. The molecule has 1 aliphatic heterocycles. The van der Waals surface area contributed by atoms with Gasteiger partial charge in [0.25, 0.3) is 0 Å². The van der Waals surface area contributed by atoms with Crippen molar-refractivity contribution >= 4 is 16.0 Å². The van der Waals surface area contributed by atoms with E-state index in [0.717, 1.165) is 30.9 Å². The fourth-order valence-corrected chi connectivity index (χ4v) is 4.95. The van der Waals surface area contributed by atoms with Crippen molar-refractivity contribution in [2.75, 3.05) is 26.7 Å². The summed E-state index contributed by atoms with van der Waals surface area (Å²) in [5.41, 5.74) is 1.42. The van der Waals surface area contributed by atoms with Gasteiger partial charge in [0, 0.05) is 33.3 Å². The molecule has 1 saturated carbocycles. The summed E-state index contributed by atoms with van der Waals surface area (Å²) < 4.78 is 33.0. The van der Waals surface area contributed by atoms with Crippen LogP contribution in [0.15, 0.2) is 34.2 Å². The van der Waals surface area contributed by atoms with Crippen LogP contribution in [0.3, 0.4) is 0 Å². The maximum atomic E-state index is 12.4. The summed E-state index contributed by atoms with van der Waals surface area (Å²) in [5, 5.41) is 6.74. The van der Waals surface area contributed by atoms with E-state index in [1.165, 1.54) is 25.7 Å². The van der Waals surface area contributed by atoms with Crippen LogP contribution in [0.2, 0.25) is 0 Å². The first kappa shape index (κ1) is 22.1. The van der Waals surface area contributed by atoms with Crippen LogP contribution < -0.4 is 15.4 Å². The van der Waals surface area contributed by atoms with Crippen LogP contribution in [0.4, 0.5) is 0 Å². The molecule has 0 aromatic heterocycles. The highest BCUT2D eigenvalue weighted by molar-refractivity contribution is 7.89. The zero-order valence-corrected chi connectivity index (χ0v) is 18.4. The summed E-state index contributed by atoms with van der Waals surface area (Å²) in [6.07, 6.45) is 6.95. The van der Waals surface area contributed by atoms with Crippen molar-refractivity contribution in [1.29, 1.82) is 0 Å². The number of ether oxygens (including phenoxy) is 1. The molecule has 0 bridgehead atoms. The molecule has 3 N–H and O–H groups in total. The molecule has 29 heavy (non-hydrogen) atoms. The summed E-state index contributed by atoms with van der Waals surface area (Å²) in [6.45, 7) is 4.82. The molecular formula is C21H34N4O3S. The van der Waals surface area contributed by atoms with Crippen LogP contribution in [-0.2, 0) is 21.3 Å². The standard InChI is InChI=1S/C21H34N4O3S/c1-3-21(11-5-12-21)16-24-20(22-2)23-14-17-7-9-19(10-8-17)29(26,27)25-15-18-6-4-13-28-18/h7-10,18,25H,3-6,11-16H2,1-2H3,(H2,22,23,24). The monoisotopic (exact) mass is 422 g/mol. The van der Waals surface area contributed by atoms with E-state index in [-0.39, 0.29) is 11.0 Å². The molecule has 1 aromatic carbocycles. The third kappa shape index (κ3) is 5.93. The van der Waals surface area contributed by atoms with E-state index in [4.69, 9.17) is 4.74 Å². The van der Waals surface area contributed by atoms with Crippen molar-refractivity contribution in [1.82, 2.24) is 15.4 Å². The summed E-state index contributed by atoms with van der Waals surface area (Å²) >= 11 is 0. The normalized spacial score (nSPS) is 21.6. The minimum absolute atomic E-state index is 0.0146. The quantitative estimate of drug-likeness (QED) is 0.420. The molecule has 0 radical (unpaired) electrons. The van der Waals surface area contributed by atoms with E-state index in [9.17, 15) is 8.42 Å². The van der Waals surface area contributed by atoms with Crippen molar-refractivity contribution in [3.63, 3.8) is 0 Å². The van der Waals surface area contributed by atoms with Gasteiger partial charge in [-0.15, -0.1) is 0 Å². The van der Waals surface area contributed by atoms with Gasteiger partial charge < -0.3 is 15.4 Å². The Morgan fingerprint density at radius 2 is 1.97 bits per heavy atom. The Morgan fingerprint density at radius 1 is 1.21 bits per heavy atom. The number of aliphatic imine (C=N–C) groups is 1. The Bertz CT molecular complexity index is 777. The van der Waals surface area contributed by atoms with E-state index in [2.05, 4.69) is 27.3 Å². The van der Waals surface area contributed by atoms with Gasteiger partial charge in [-0.05, 0) is 55.2 Å². The average Bonchev–Trinajstić information content (AvgIpc) is 3.22. The zero-order chi connectivity index (χ0) is 20.7. The smallest absolute Gasteiger partial charge is 0.240 e. The van der Waals surface area contributed by atoms with Gasteiger partial charge in [0.2, 0.25) is 10.0 Å². The molecule has 1 aliphatic carbocycles. The van der Waals surface area contributed by atoms with E-state index >= 15 is 0 Å². The molecule has 1 saturated heterocycles. The van der Waals surface area contributed by atoms with Crippen molar-refractivity contribution in [3.8, 4) is 0 Å². The van der Waals surface area contributed by atoms with Gasteiger partial charge in [0.05, 0.1) is 11.0 Å². The predicted molar refractivity (Wildman–Crippen MR) is 115 cm³/mol. The van der Waals surface area contributed by atoms with E-state index in [1.807, 2.05) is 12.1 Å². The second kappa shape index (κ2) is 9.91. The number of hydrogen-bond donors (Lipinski definition) is 3. The molecule has 0 amide bonds. The maximum absolute atomic E-state index is 12.4. The fourth-order valence-electron chi connectivity index (χ4n) is 3.89. The van der Waals surface area contributed by atoms with Crippen LogP contribution in [-0.4, -0.2) is 47.2 Å². The largest absolute Gasteiger partial charge is 0.377 e. The van der Waals surface area contributed by atoms with Crippen LogP contribution in [0.5, 0.6) is 0 Å². The van der Waals surface area contributed by atoms with Gasteiger partial charge in [0.15, 0.2) is 5.96 Å². The van der Waals surface area contributed by atoms with Crippen LogP contribution >= 0.6 is 0 Å². The molecule has 0 spiro atoms. The van der Waals surface area contributed by atoms with Gasteiger partial charge in [-0.25, -0.2) is 13.1 Å². The summed E-state index contributed by atoms with van der Waals surface area (Å²) in [6, 6.07) is 6.96. The van der Waals surface area contributed by atoms with Gasteiger partial charge in [-0.3, -0.25) is 4.99 Å². The maximum Gasteiger partial charge on any atom is 0.240 e. The number of nitrogens with one attached hydrogen (secondary N) is 3. The summed E-state index contributed by atoms with van der Waals surface area (Å²) in [7, 11) is -1.74. The van der Waals surface area contributed by atoms with Gasteiger partial charge >= 0.3 is 0 Å². The lowest BCUT2D eigenvalue weighted by atomic mass is 9.67. The fraction of sp³-hybridized carbons (Fsp3) is 0.667. The van der Waals surface area contributed by atoms with E-state index in [0.29, 0.717) is 25.1 Å². The lowest BCUT2D eigenvalue weighted by Crippen LogP contribution is -2.46. The zero-order valence-electron chi connectivity index (χ0n) is 17.5. The third-order valence-corrected chi connectivity index (χ3v) is 7.68. The number of rotatable bonds is 9. The van der Waals surface area contributed by atoms with E-state index in [1.54, 1.807) is 19.2 Å². The minimum Gasteiger partial charge on any atom is -0.377 e. The Hall–Kier alpha value is -1.64. The van der Waals surface area contributed by atoms with E-state index < -0.39 is 10.0 Å². The van der Waals surface area contributed by atoms with Gasteiger partial charge in [-0.2, -0.15) is 0 Å². The van der Waals surface area contributed by atoms with Crippen molar-refractivity contribution in [2.45, 2.75) is 63.0 Å². The SMILES string of the molecule is CCC1(CNC(=NC)NCc2ccc(S(=O)(=O)NCC3CCCO3)cc2)CCC1. The highest BCUT2D eigenvalue weighted by Crippen LogP contribution is 2.42. The molecule has 2 fully saturated rings. The van der Waals surface area contributed by atoms with Gasteiger partial charge in [0.1, 0.15) is 0 Å². The molecule has 162 valence electrons. The minimum atomic E-state index is -3.51. The Kier molecular flexibility index (Phi) is 7.54. The summed E-state index contributed by atoms with van der Waals surface area (Å²) in [4.78, 5) is 4.57. The summed E-state index contributed by atoms with van der Waals surface area (Å²) in [5.74, 6) is 0.777. The van der Waals surface area contributed by atoms with Crippen molar-refractivity contribution in [2.24, 2.45) is 10.4 Å². The lowest BCUT2D eigenvalue weighted by molar-refractivity contribution is 0.114. The number of sulfonamides is 1. The molecular weight excluding hydrogens is 388 g/mol. The predicted octanol–water partition coefficient (Wildman–Crippen LogP) is 2.39. The second-order valence-electron chi connectivity index (χ2n) is 8.12. The van der Waals surface area contributed by atoms with Crippen molar-refractivity contribution < 1.29 is 13.2 Å². The van der Waals surface area contributed by atoms with Crippen molar-refractivity contribution in [3.05, 3.63) is 29.8 Å². The first-order valence-corrected chi connectivity index (χ1v) is 12.1. The molecule has 7 nitrogen and oxygen atoms in total. The molecule has 8 heteroatoms. The Labute approximate surface area is 174 Å². The van der Waals surface area contributed by atoms with Crippen LogP contribution in [0, 0.1) is 5.41 Å². The number of nitrogens with zero attached hydrogens (tertiary/aromatic N) is 1. The molecule has 1 unspecified atom stereocenters.